The van der Waals surface area contributed by atoms with Crippen molar-refractivity contribution in [3.05, 3.63) is 11.6 Å². The Morgan fingerprint density at radius 1 is 1.53 bits per heavy atom. The lowest BCUT2D eigenvalue weighted by molar-refractivity contribution is 0.177. The predicted octanol–water partition coefficient (Wildman–Crippen LogP) is 1.17. The molecule has 1 aliphatic rings. The summed E-state index contributed by atoms with van der Waals surface area (Å²) in [7, 11) is 1.70. The third-order valence-electron chi connectivity index (χ3n) is 3.04. The highest BCUT2D eigenvalue weighted by Crippen LogP contribution is 2.18. The van der Waals surface area contributed by atoms with E-state index in [1.165, 1.54) is 0 Å². The number of hydrogen-bond acceptors (Lipinski definition) is 5. The Balaban J connectivity index is 1.78. The van der Waals surface area contributed by atoms with Gasteiger partial charge in [0.15, 0.2) is 10.2 Å². The molecule has 1 saturated heterocycles. The van der Waals surface area contributed by atoms with Crippen LogP contribution in [0.4, 0.5) is 5.13 Å². The van der Waals surface area contributed by atoms with Crippen LogP contribution in [0.5, 0.6) is 0 Å². The minimum Gasteiger partial charge on any atom is -0.383 e. The third kappa shape index (κ3) is 4.02. The highest BCUT2D eigenvalue weighted by Gasteiger charge is 2.20. The average Bonchev–Trinajstić information content (AvgIpc) is 2.93. The molecule has 0 radical (unpaired) electrons. The van der Waals surface area contributed by atoms with E-state index in [1.807, 2.05) is 11.6 Å². The van der Waals surface area contributed by atoms with Crippen molar-refractivity contribution in [1.82, 2.24) is 15.2 Å². The summed E-state index contributed by atoms with van der Waals surface area (Å²) < 4.78 is 5.10. The predicted molar refractivity (Wildman–Crippen MR) is 83.0 cm³/mol. The molecule has 0 bridgehead atoms. The molecule has 1 N–H and O–H groups in total. The lowest BCUT2D eigenvalue weighted by atomic mass is 10.3. The van der Waals surface area contributed by atoms with E-state index in [-0.39, 0.29) is 6.04 Å². The van der Waals surface area contributed by atoms with Gasteiger partial charge in [0.05, 0.1) is 6.61 Å². The summed E-state index contributed by atoms with van der Waals surface area (Å²) in [6.45, 7) is 6.54. The fourth-order valence-electron chi connectivity index (χ4n) is 2.07. The zero-order valence-electron chi connectivity index (χ0n) is 11.3. The van der Waals surface area contributed by atoms with E-state index in [9.17, 15) is 0 Å². The molecule has 2 rings (SSSR count). The zero-order chi connectivity index (χ0) is 13.7. The number of methoxy groups -OCH3 is 1. The van der Waals surface area contributed by atoms with Crippen molar-refractivity contribution < 1.29 is 4.74 Å². The molecule has 1 aromatic heterocycles. The molecule has 0 aromatic carbocycles. The van der Waals surface area contributed by atoms with Crippen LogP contribution in [-0.4, -0.2) is 60.9 Å². The monoisotopic (exact) mass is 300 g/mol. The van der Waals surface area contributed by atoms with Gasteiger partial charge >= 0.3 is 0 Å². The number of hydrogen-bond donors (Lipinski definition) is 1. The van der Waals surface area contributed by atoms with E-state index in [0.29, 0.717) is 6.61 Å². The first-order valence-corrected chi connectivity index (χ1v) is 7.68. The molecule has 1 unspecified atom stereocenters. The van der Waals surface area contributed by atoms with E-state index in [2.05, 4.69) is 27.0 Å². The van der Waals surface area contributed by atoms with Crippen molar-refractivity contribution in [3.8, 4) is 0 Å². The molecule has 1 atom stereocenters. The molecule has 0 spiro atoms. The minimum atomic E-state index is 0.245. The number of ether oxygens (including phenoxy) is 1. The number of thiazole rings is 1. The van der Waals surface area contributed by atoms with Gasteiger partial charge < -0.3 is 19.9 Å². The highest BCUT2D eigenvalue weighted by molar-refractivity contribution is 7.80. The van der Waals surface area contributed by atoms with Gasteiger partial charge in [-0.25, -0.2) is 4.98 Å². The van der Waals surface area contributed by atoms with Crippen molar-refractivity contribution >= 4 is 33.8 Å². The van der Waals surface area contributed by atoms with Gasteiger partial charge in [0, 0.05) is 50.9 Å². The van der Waals surface area contributed by atoms with Crippen LogP contribution < -0.4 is 10.2 Å². The minimum absolute atomic E-state index is 0.245. The van der Waals surface area contributed by atoms with Crippen LogP contribution >= 0.6 is 23.6 Å². The van der Waals surface area contributed by atoms with Gasteiger partial charge in [-0.1, -0.05) is 0 Å². The summed E-state index contributed by atoms with van der Waals surface area (Å²) in [5, 5.41) is 7.24. The zero-order valence-corrected chi connectivity index (χ0v) is 13.0. The fourth-order valence-corrected chi connectivity index (χ4v) is 3.15. The van der Waals surface area contributed by atoms with Crippen LogP contribution in [0, 0.1) is 0 Å². The van der Waals surface area contributed by atoms with Crippen LogP contribution in [0.2, 0.25) is 0 Å². The lowest BCUT2D eigenvalue weighted by Crippen LogP contribution is -2.53. The number of thiocarbonyl (C=S) groups is 1. The summed E-state index contributed by atoms with van der Waals surface area (Å²) >= 11 is 7.12. The third-order valence-corrected chi connectivity index (χ3v) is 4.25. The average molecular weight is 300 g/mol. The van der Waals surface area contributed by atoms with Crippen LogP contribution in [-0.2, 0) is 4.74 Å². The van der Waals surface area contributed by atoms with Gasteiger partial charge in [-0.15, -0.1) is 11.3 Å². The molecule has 0 amide bonds. The highest BCUT2D eigenvalue weighted by atomic mass is 32.1. The molecule has 19 heavy (non-hydrogen) atoms. The Kier molecular flexibility index (Phi) is 5.35. The Labute approximate surface area is 123 Å². The van der Waals surface area contributed by atoms with E-state index in [4.69, 9.17) is 17.0 Å². The first-order chi connectivity index (χ1) is 9.20. The molecule has 106 valence electrons. The summed E-state index contributed by atoms with van der Waals surface area (Å²) in [5.74, 6) is 0. The molecule has 0 saturated carbocycles. The van der Waals surface area contributed by atoms with Gasteiger partial charge in [-0.05, 0) is 19.1 Å². The van der Waals surface area contributed by atoms with Gasteiger partial charge in [-0.2, -0.15) is 0 Å². The van der Waals surface area contributed by atoms with Crippen molar-refractivity contribution in [2.24, 2.45) is 0 Å². The number of nitrogens with zero attached hydrogens (tertiary/aromatic N) is 3. The van der Waals surface area contributed by atoms with Gasteiger partial charge in [-0.3, -0.25) is 0 Å². The number of anilines is 1. The molecule has 7 heteroatoms. The van der Waals surface area contributed by atoms with E-state index in [0.717, 1.165) is 36.4 Å². The number of piperazine rings is 1. The Hall–Kier alpha value is -0.920. The van der Waals surface area contributed by atoms with E-state index >= 15 is 0 Å². The van der Waals surface area contributed by atoms with E-state index in [1.54, 1.807) is 18.4 Å². The number of nitrogens with one attached hydrogen (secondary N) is 1. The Morgan fingerprint density at radius 3 is 2.84 bits per heavy atom. The number of aromatic nitrogens is 1. The van der Waals surface area contributed by atoms with Gasteiger partial charge in [0.25, 0.3) is 0 Å². The van der Waals surface area contributed by atoms with Crippen LogP contribution in [0.15, 0.2) is 11.6 Å². The maximum atomic E-state index is 5.43. The molecular weight excluding hydrogens is 280 g/mol. The first kappa shape index (κ1) is 14.5. The summed E-state index contributed by atoms with van der Waals surface area (Å²) in [5.41, 5.74) is 0. The summed E-state index contributed by atoms with van der Waals surface area (Å²) in [4.78, 5) is 8.87. The molecule has 0 aliphatic carbocycles. The first-order valence-electron chi connectivity index (χ1n) is 6.39. The normalized spacial score (nSPS) is 17.4. The fraction of sp³-hybridized carbons (Fsp3) is 0.667. The molecule has 2 heterocycles. The van der Waals surface area contributed by atoms with Crippen molar-refractivity contribution in [1.29, 1.82) is 0 Å². The van der Waals surface area contributed by atoms with E-state index < -0.39 is 0 Å². The van der Waals surface area contributed by atoms with Crippen LogP contribution in [0.3, 0.4) is 0 Å². The molecule has 1 aliphatic heterocycles. The Bertz CT molecular complexity index is 390. The lowest BCUT2D eigenvalue weighted by Gasteiger charge is -2.36. The largest absolute Gasteiger partial charge is 0.383 e. The number of rotatable bonds is 4. The molecule has 1 fully saturated rings. The van der Waals surface area contributed by atoms with Crippen molar-refractivity contribution in [2.45, 2.75) is 13.0 Å². The van der Waals surface area contributed by atoms with Crippen LogP contribution in [0.1, 0.15) is 6.92 Å². The molecular formula is C12H20N4OS2. The second kappa shape index (κ2) is 7.02. The smallest absolute Gasteiger partial charge is 0.185 e. The SMILES string of the molecule is COCC(C)NC(=S)N1CCN(c2nccs2)CC1. The van der Waals surface area contributed by atoms with Gasteiger partial charge in [0.2, 0.25) is 0 Å². The second-order valence-corrected chi connectivity index (χ2v) is 5.85. The van der Waals surface area contributed by atoms with Crippen LogP contribution in [0.25, 0.3) is 0 Å². The molecule has 1 aromatic rings. The van der Waals surface area contributed by atoms with Gasteiger partial charge in [0.1, 0.15) is 0 Å². The summed E-state index contributed by atoms with van der Waals surface area (Å²) in [6, 6.07) is 0.245. The van der Waals surface area contributed by atoms with Crippen molar-refractivity contribution in [3.63, 3.8) is 0 Å². The quantitative estimate of drug-likeness (QED) is 0.842. The standard InChI is InChI=1S/C12H20N4OS2/c1-10(9-17-2)14-11(18)15-4-6-16(7-5-15)12-13-3-8-19-12/h3,8,10H,4-7,9H2,1-2H3,(H,14,18). The Morgan fingerprint density at radius 2 is 2.26 bits per heavy atom. The maximum absolute atomic E-state index is 5.43. The second-order valence-electron chi connectivity index (χ2n) is 4.59. The maximum Gasteiger partial charge on any atom is 0.185 e. The topological polar surface area (TPSA) is 40.6 Å². The van der Waals surface area contributed by atoms with Crippen molar-refractivity contribution in [2.75, 3.05) is 44.8 Å². The molecule has 5 nitrogen and oxygen atoms in total. The summed E-state index contributed by atoms with van der Waals surface area (Å²) in [6.07, 6.45) is 1.85.